The molecule has 364 valence electrons. The SMILES string of the molecule is CC1(C)O[C@@H]2[C@@H](O1)C(c1ccccc1)(c1ccccc1)OP(Oc1ccccc1-c1ccc(CC(C3=N[C@@H](c4ccccc4)CO3)C3=N[C@@H](c4ccccc4)CO3)cc1)OC2(c1ccccc1)c1ccccc1. The van der Waals surface area contributed by atoms with Crippen molar-refractivity contribution in [1.29, 1.82) is 0 Å². The summed E-state index contributed by atoms with van der Waals surface area (Å²) in [4.78, 5) is 10.3. The normalized spacial score (nSPS) is 21.8. The van der Waals surface area contributed by atoms with Gasteiger partial charge in [-0.25, -0.2) is 9.98 Å². The van der Waals surface area contributed by atoms with Crippen LogP contribution in [-0.4, -0.2) is 43.0 Å². The van der Waals surface area contributed by atoms with E-state index in [1.165, 1.54) is 0 Å². The lowest BCUT2D eigenvalue weighted by molar-refractivity contribution is -0.175. The molecule has 2 saturated heterocycles. The van der Waals surface area contributed by atoms with Gasteiger partial charge in [0.25, 0.3) is 0 Å². The van der Waals surface area contributed by atoms with Crippen molar-refractivity contribution < 1.29 is 32.5 Å². The number of para-hydroxylation sites is 1. The number of hydrogen-bond acceptors (Lipinski definition) is 9. The molecule has 9 nitrogen and oxygen atoms in total. The summed E-state index contributed by atoms with van der Waals surface area (Å²) in [6.45, 7) is 4.85. The summed E-state index contributed by atoms with van der Waals surface area (Å²) in [6, 6.07) is 78.0. The second kappa shape index (κ2) is 20.0. The predicted molar refractivity (Wildman–Crippen MR) is 285 cm³/mol. The maximum atomic E-state index is 7.67. The van der Waals surface area contributed by atoms with Crippen molar-refractivity contribution in [3.63, 3.8) is 0 Å². The first-order valence-electron chi connectivity index (χ1n) is 25.0. The third-order valence-corrected chi connectivity index (χ3v) is 15.4. The van der Waals surface area contributed by atoms with Crippen LogP contribution in [0.2, 0.25) is 0 Å². The van der Waals surface area contributed by atoms with Crippen LogP contribution in [0.5, 0.6) is 5.75 Å². The standard InChI is InChI=1S/C63H55N2O7P/c1-61(2)68-57-58(69-61)63(50-31-17-7-18-32-50,51-33-19-8-20-34-51)72-73(71-62(57,48-27-13-5-14-28-48)49-29-15-6-16-30-49)70-56-36-22-21-35-52(56)45-39-37-44(38-40-45)41-53(59-64-54(42-66-59)46-23-9-3-10-24-46)60-65-55(43-67-60)47-25-11-4-12-26-47/h3-40,53-55,57-58H,41-43H2,1-2H3/t54-,55-,57-,58-/m1/s1. The van der Waals surface area contributed by atoms with Gasteiger partial charge in [-0.1, -0.05) is 224 Å². The van der Waals surface area contributed by atoms with Gasteiger partial charge in [-0.15, -0.1) is 0 Å². The minimum atomic E-state index is -2.29. The second-order valence-corrected chi connectivity index (χ2v) is 20.3. The summed E-state index contributed by atoms with van der Waals surface area (Å²) in [5.41, 5.74) is 6.12. The Labute approximate surface area is 428 Å². The fraction of sp³-hybridized carbons (Fsp3) is 0.206. The summed E-state index contributed by atoms with van der Waals surface area (Å²) < 4.78 is 49.9. The summed E-state index contributed by atoms with van der Waals surface area (Å²) >= 11 is 0. The molecule has 0 spiro atoms. The van der Waals surface area contributed by atoms with Gasteiger partial charge >= 0.3 is 8.60 Å². The van der Waals surface area contributed by atoms with Crippen LogP contribution in [0.4, 0.5) is 0 Å². The molecule has 8 aromatic rings. The largest absolute Gasteiger partial charge is 0.478 e. The van der Waals surface area contributed by atoms with E-state index in [0.29, 0.717) is 37.2 Å². The van der Waals surface area contributed by atoms with Crippen LogP contribution in [0, 0.1) is 5.92 Å². The zero-order valence-electron chi connectivity index (χ0n) is 40.6. The number of aliphatic imine (C=N–C) groups is 2. The Balaban J connectivity index is 0.926. The first-order chi connectivity index (χ1) is 35.9. The summed E-state index contributed by atoms with van der Waals surface area (Å²) in [5, 5.41) is 0. The molecule has 0 saturated carbocycles. The Morgan fingerprint density at radius 2 is 0.863 bits per heavy atom. The molecule has 4 heterocycles. The van der Waals surface area contributed by atoms with Gasteiger partial charge in [0.15, 0.2) is 28.8 Å². The van der Waals surface area contributed by atoms with Gasteiger partial charge < -0.3 is 23.5 Å². The molecule has 0 radical (unpaired) electrons. The molecule has 0 unspecified atom stereocenters. The maximum absolute atomic E-state index is 7.67. The molecule has 8 aromatic carbocycles. The van der Waals surface area contributed by atoms with Crippen LogP contribution in [0.3, 0.4) is 0 Å². The zero-order chi connectivity index (χ0) is 49.2. The molecule has 0 aliphatic carbocycles. The highest BCUT2D eigenvalue weighted by molar-refractivity contribution is 7.42. The van der Waals surface area contributed by atoms with Crippen LogP contribution >= 0.6 is 8.60 Å². The Bertz CT molecular complexity index is 2950. The molecule has 0 aromatic heterocycles. The van der Waals surface area contributed by atoms with Gasteiger partial charge in [0.1, 0.15) is 49.2 Å². The van der Waals surface area contributed by atoms with E-state index in [1.54, 1.807) is 0 Å². The van der Waals surface area contributed by atoms with Crippen molar-refractivity contribution in [2.45, 2.75) is 61.5 Å². The number of rotatable bonds is 13. The number of benzene rings is 8. The van der Waals surface area contributed by atoms with E-state index in [2.05, 4.69) is 103 Å². The fourth-order valence-electron chi connectivity index (χ4n) is 10.8. The molecule has 0 N–H and O–H groups in total. The Kier molecular flexibility index (Phi) is 12.8. The molecule has 0 bridgehead atoms. The lowest BCUT2D eigenvalue weighted by Gasteiger charge is -2.41. The third kappa shape index (κ3) is 9.07. The van der Waals surface area contributed by atoms with E-state index in [-0.39, 0.29) is 18.0 Å². The predicted octanol–water partition coefficient (Wildman–Crippen LogP) is 13.9. The van der Waals surface area contributed by atoms with E-state index in [0.717, 1.165) is 50.1 Å². The molecule has 4 atom stereocenters. The number of nitrogens with zero attached hydrogens (tertiary/aromatic N) is 2. The van der Waals surface area contributed by atoms with Crippen LogP contribution < -0.4 is 4.52 Å². The highest BCUT2D eigenvalue weighted by Gasteiger charge is 2.67. The minimum absolute atomic E-state index is 0.102. The van der Waals surface area contributed by atoms with Gasteiger partial charge in [-0.3, -0.25) is 9.05 Å². The molecule has 73 heavy (non-hydrogen) atoms. The van der Waals surface area contributed by atoms with Crippen LogP contribution in [-0.2, 0) is 45.6 Å². The van der Waals surface area contributed by atoms with Crippen molar-refractivity contribution in [2.24, 2.45) is 15.9 Å². The lowest BCUT2D eigenvalue weighted by Crippen LogP contribution is -2.53. The Morgan fingerprint density at radius 1 is 0.479 bits per heavy atom. The Hall–Kier alpha value is -7.23. The minimum Gasteiger partial charge on any atom is -0.478 e. The lowest BCUT2D eigenvalue weighted by atomic mass is 9.72. The van der Waals surface area contributed by atoms with Gasteiger partial charge in [0.05, 0.1) is 0 Å². The molecular formula is C63H55N2O7P. The van der Waals surface area contributed by atoms with Crippen LogP contribution in [0.1, 0.15) is 64.9 Å². The smallest absolute Gasteiger partial charge is 0.399 e. The third-order valence-electron chi connectivity index (χ3n) is 14.2. The molecular weight excluding hydrogens is 928 g/mol. The average molecular weight is 983 g/mol. The molecule has 4 aliphatic rings. The quantitative estimate of drug-likeness (QED) is 0.106. The van der Waals surface area contributed by atoms with Gasteiger partial charge in [0.2, 0.25) is 0 Å². The maximum Gasteiger partial charge on any atom is 0.399 e. The number of hydrogen-bond donors (Lipinski definition) is 0. The summed E-state index contributed by atoms with van der Waals surface area (Å²) in [5.74, 6) is 0.554. The van der Waals surface area contributed by atoms with E-state index in [1.807, 2.05) is 141 Å². The molecule has 2 fully saturated rings. The fourth-order valence-corrected chi connectivity index (χ4v) is 12.3. The van der Waals surface area contributed by atoms with E-state index < -0.39 is 37.8 Å². The summed E-state index contributed by atoms with van der Waals surface area (Å²) in [7, 11) is -2.29. The van der Waals surface area contributed by atoms with Crippen molar-refractivity contribution in [3.05, 3.63) is 269 Å². The van der Waals surface area contributed by atoms with Gasteiger partial charge in [-0.2, -0.15) is 0 Å². The van der Waals surface area contributed by atoms with Crippen LogP contribution in [0.15, 0.2) is 241 Å². The first-order valence-corrected chi connectivity index (χ1v) is 26.1. The van der Waals surface area contributed by atoms with E-state index in [4.69, 9.17) is 42.5 Å². The van der Waals surface area contributed by atoms with Crippen molar-refractivity contribution in [2.75, 3.05) is 13.2 Å². The van der Waals surface area contributed by atoms with Gasteiger partial charge in [-0.05, 0) is 70.8 Å². The second-order valence-electron chi connectivity index (χ2n) is 19.3. The zero-order valence-corrected chi connectivity index (χ0v) is 41.5. The van der Waals surface area contributed by atoms with Crippen molar-refractivity contribution in [3.8, 4) is 16.9 Å². The molecule has 0 amide bonds. The topological polar surface area (TPSA) is 89.3 Å². The van der Waals surface area contributed by atoms with E-state index >= 15 is 0 Å². The number of fused-ring (bicyclic) bond motifs is 1. The highest BCUT2D eigenvalue weighted by Crippen LogP contribution is 2.65. The molecule has 10 heteroatoms. The van der Waals surface area contributed by atoms with Gasteiger partial charge in [0, 0.05) is 5.56 Å². The van der Waals surface area contributed by atoms with E-state index in [9.17, 15) is 0 Å². The molecule has 12 rings (SSSR count). The van der Waals surface area contributed by atoms with Crippen LogP contribution in [0.25, 0.3) is 11.1 Å². The molecule has 4 aliphatic heterocycles. The Morgan fingerprint density at radius 3 is 1.29 bits per heavy atom. The average Bonchev–Trinajstić information content (AvgIpc) is 4.22. The monoisotopic (exact) mass is 982 g/mol. The first kappa shape index (κ1) is 46.8. The van der Waals surface area contributed by atoms with Crippen molar-refractivity contribution in [1.82, 2.24) is 0 Å². The highest BCUT2D eigenvalue weighted by atomic mass is 31.2. The number of ether oxygens (including phenoxy) is 4. The van der Waals surface area contributed by atoms with Crippen molar-refractivity contribution >= 4 is 20.4 Å². The summed E-state index contributed by atoms with van der Waals surface area (Å²) in [6.07, 6.45) is -0.882.